The van der Waals surface area contributed by atoms with Crippen molar-refractivity contribution in [2.45, 2.75) is 51.0 Å². The number of aromatic amines is 1. The largest absolute Gasteiger partial charge is 0.366 e. The van der Waals surface area contributed by atoms with Crippen LogP contribution in [0.5, 0.6) is 0 Å². The average Bonchev–Trinajstić information content (AvgIpc) is 2.97. The molecular formula is C17H24N4O. The molecule has 1 fully saturated rings. The Balaban J connectivity index is 1.75. The maximum atomic E-state index is 11.5. The second-order valence-corrected chi connectivity index (χ2v) is 6.19. The van der Waals surface area contributed by atoms with Crippen molar-refractivity contribution in [3.63, 3.8) is 0 Å². The molecule has 0 saturated heterocycles. The van der Waals surface area contributed by atoms with E-state index in [1.54, 1.807) is 6.07 Å². The van der Waals surface area contributed by atoms with Crippen molar-refractivity contribution < 1.29 is 4.79 Å². The highest BCUT2D eigenvalue weighted by Crippen LogP contribution is 2.32. The highest BCUT2D eigenvalue weighted by molar-refractivity contribution is 6.04. The van der Waals surface area contributed by atoms with Crippen LogP contribution in [-0.2, 0) is 0 Å². The van der Waals surface area contributed by atoms with Gasteiger partial charge < -0.3 is 16.0 Å². The maximum Gasteiger partial charge on any atom is 0.250 e. The lowest BCUT2D eigenvalue weighted by Crippen LogP contribution is -2.33. The molecule has 0 atom stereocenters. The minimum Gasteiger partial charge on any atom is -0.366 e. The van der Waals surface area contributed by atoms with Gasteiger partial charge in [0.15, 0.2) is 0 Å². The van der Waals surface area contributed by atoms with Gasteiger partial charge in [-0.2, -0.15) is 0 Å². The molecule has 0 radical (unpaired) electrons. The van der Waals surface area contributed by atoms with E-state index in [2.05, 4.69) is 22.2 Å². The van der Waals surface area contributed by atoms with Crippen molar-refractivity contribution in [1.82, 2.24) is 15.3 Å². The normalized spacial score (nSPS) is 22.0. The molecule has 118 valence electrons. The number of hydrogen-bond acceptors (Lipinski definition) is 3. The third-order valence-corrected chi connectivity index (χ3v) is 4.60. The maximum absolute atomic E-state index is 11.5. The van der Waals surface area contributed by atoms with Crippen molar-refractivity contribution in [3.8, 4) is 0 Å². The number of aromatic nitrogens is 2. The van der Waals surface area contributed by atoms with Crippen molar-refractivity contribution in [3.05, 3.63) is 29.6 Å². The first kappa shape index (κ1) is 15.0. The molecule has 1 aromatic carbocycles. The summed E-state index contributed by atoms with van der Waals surface area (Å²) in [6, 6.07) is 6.15. The molecule has 0 aliphatic heterocycles. The molecule has 1 saturated carbocycles. The molecule has 1 aromatic heterocycles. The van der Waals surface area contributed by atoms with Gasteiger partial charge in [-0.3, -0.25) is 4.79 Å². The summed E-state index contributed by atoms with van der Waals surface area (Å²) < 4.78 is 0. The zero-order chi connectivity index (χ0) is 15.5. The van der Waals surface area contributed by atoms with Gasteiger partial charge in [0.1, 0.15) is 5.82 Å². The monoisotopic (exact) mass is 300 g/mol. The van der Waals surface area contributed by atoms with Gasteiger partial charge in [0.25, 0.3) is 5.91 Å². The molecule has 0 unspecified atom stereocenters. The van der Waals surface area contributed by atoms with E-state index in [1.165, 1.54) is 19.3 Å². The third kappa shape index (κ3) is 2.99. The number of imidazole rings is 1. The van der Waals surface area contributed by atoms with Gasteiger partial charge in [-0.15, -0.1) is 0 Å². The molecule has 1 heterocycles. The fourth-order valence-electron chi connectivity index (χ4n) is 3.37. The van der Waals surface area contributed by atoms with Crippen LogP contribution in [0.15, 0.2) is 18.2 Å². The molecule has 1 aliphatic rings. The van der Waals surface area contributed by atoms with Gasteiger partial charge in [0.05, 0.1) is 16.6 Å². The van der Waals surface area contributed by atoms with Gasteiger partial charge in [-0.05, 0) is 50.8 Å². The van der Waals surface area contributed by atoms with E-state index in [-0.39, 0.29) is 0 Å². The number of hydrogen-bond donors (Lipinski definition) is 3. The number of amides is 1. The Labute approximate surface area is 130 Å². The van der Waals surface area contributed by atoms with Crippen molar-refractivity contribution in [2.24, 2.45) is 5.73 Å². The summed E-state index contributed by atoms with van der Waals surface area (Å²) in [5.74, 6) is 1.04. The molecule has 0 spiro atoms. The topological polar surface area (TPSA) is 83.8 Å². The van der Waals surface area contributed by atoms with Gasteiger partial charge in [-0.1, -0.05) is 13.0 Å². The Morgan fingerprint density at radius 3 is 2.82 bits per heavy atom. The second-order valence-electron chi connectivity index (χ2n) is 6.19. The highest BCUT2D eigenvalue weighted by Gasteiger charge is 2.24. The van der Waals surface area contributed by atoms with Crippen LogP contribution in [0.1, 0.15) is 61.1 Å². The van der Waals surface area contributed by atoms with Crippen molar-refractivity contribution >= 4 is 16.9 Å². The second kappa shape index (κ2) is 6.48. The first-order valence-corrected chi connectivity index (χ1v) is 8.21. The summed E-state index contributed by atoms with van der Waals surface area (Å²) in [5.41, 5.74) is 7.57. The van der Waals surface area contributed by atoms with Crippen LogP contribution in [0.2, 0.25) is 0 Å². The molecule has 1 aliphatic carbocycles. The van der Waals surface area contributed by atoms with Gasteiger partial charge in [0, 0.05) is 12.0 Å². The van der Waals surface area contributed by atoms with Crippen molar-refractivity contribution in [2.75, 3.05) is 6.54 Å². The number of para-hydroxylation sites is 1. The van der Waals surface area contributed by atoms with Crippen LogP contribution >= 0.6 is 0 Å². The summed E-state index contributed by atoms with van der Waals surface area (Å²) >= 11 is 0. The Morgan fingerprint density at radius 1 is 1.36 bits per heavy atom. The number of carbonyl (C=O) groups is 1. The zero-order valence-electron chi connectivity index (χ0n) is 13.1. The molecule has 5 nitrogen and oxygen atoms in total. The summed E-state index contributed by atoms with van der Waals surface area (Å²) in [7, 11) is 0. The lowest BCUT2D eigenvalue weighted by atomic mass is 9.85. The third-order valence-electron chi connectivity index (χ3n) is 4.60. The number of H-pyrrole nitrogens is 1. The van der Waals surface area contributed by atoms with Crippen LogP contribution in [0, 0.1) is 0 Å². The van der Waals surface area contributed by atoms with E-state index >= 15 is 0 Å². The molecule has 3 rings (SSSR count). The Bertz CT molecular complexity index is 656. The quantitative estimate of drug-likeness (QED) is 0.793. The Morgan fingerprint density at radius 2 is 2.14 bits per heavy atom. The Hall–Kier alpha value is -1.88. The summed E-state index contributed by atoms with van der Waals surface area (Å²) in [6.07, 6.45) is 5.81. The fraction of sp³-hybridized carbons (Fsp3) is 0.529. The van der Waals surface area contributed by atoms with E-state index in [9.17, 15) is 4.79 Å². The van der Waals surface area contributed by atoms with Crippen LogP contribution in [-0.4, -0.2) is 28.5 Å². The number of primary amides is 1. The molecule has 0 bridgehead atoms. The first-order chi connectivity index (χ1) is 10.7. The number of fused-ring (bicyclic) bond motifs is 1. The van der Waals surface area contributed by atoms with Crippen LogP contribution in [0.25, 0.3) is 11.0 Å². The van der Waals surface area contributed by atoms with Crippen LogP contribution in [0.4, 0.5) is 0 Å². The predicted octanol–water partition coefficient (Wildman–Crippen LogP) is 2.69. The van der Waals surface area contributed by atoms with Crippen molar-refractivity contribution in [1.29, 1.82) is 0 Å². The molecule has 2 aromatic rings. The number of nitrogens with one attached hydrogen (secondary N) is 2. The van der Waals surface area contributed by atoms with E-state index in [1.807, 2.05) is 12.1 Å². The fourth-order valence-corrected chi connectivity index (χ4v) is 3.37. The van der Waals surface area contributed by atoms with Crippen LogP contribution in [0.3, 0.4) is 0 Å². The van der Waals surface area contributed by atoms with Gasteiger partial charge in [-0.25, -0.2) is 4.98 Å². The van der Waals surface area contributed by atoms with E-state index < -0.39 is 5.91 Å². The van der Waals surface area contributed by atoms with E-state index in [0.717, 1.165) is 36.2 Å². The summed E-state index contributed by atoms with van der Waals surface area (Å²) in [4.78, 5) is 19.5. The van der Waals surface area contributed by atoms with E-state index in [0.29, 0.717) is 17.5 Å². The molecule has 5 heteroatoms. The van der Waals surface area contributed by atoms with Gasteiger partial charge in [0.2, 0.25) is 0 Å². The number of nitrogens with zero attached hydrogens (tertiary/aromatic N) is 1. The molecule has 1 amide bonds. The SMILES string of the molecule is CCCNC1CCC(c2nc3cccc(C(N)=O)c3[nH]2)CC1. The number of carbonyl (C=O) groups excluding carboxylic acids is 1. The molecule has 4 N–H and O–H groups in total. The first-order valence-electron chi connectivity index (χ1n) is 8.21. The van der Waals surface area contributed by atoms with Gasteiger partial charge >= 0.3 is 0 Å². The number of benzene rings is 1. The smallest absolute Gasteiger partial charge is 0.250 e. The highest BCUT2D eigenvalue weighted by atomic mass is 16.1. The average molecular weight is 300 g/mol. The molecule has 22 heavy (non-hydrogen) atoms. The minimum absolute atomic E-state index is 0.409. The lowest BCUT2D eigenvalue weighted by Gasteiger charge is -2.28. The predicted molar refractivity (Wildman–Crippen MR) is 87.9 cm³/mol. The summed E-state index contributed by atoms with van der Waals surface area (Å²) in [6.45, 7) is 3.30. The lowest BCUT2D eigenvalue weighted by molar-refractivity contribution is 0.100. The minimum atomic E-state index is -0.409. The summed E-state index contributed by atoms with van der Waals surface area (Å²) in [5, 5.41) is 3.60. The van der Waals surface area contributed by atoms with Crippen LogP contribution < -0.4 is 11.1 Å². The number of nitrogens with two attached hydrogens (primary N) is 1. The van der Waals surface area contributed by atoms with E-state index in [4.69, 9.17) is 5.73 Å². The zero-order valence-corrected chi connectivity index (χ0v) is 13.1. The Kier molecular flexibility index (Phi) is 4.43. The number of rotatable bonds is 5. The molecular weight excluding hydrogens is 276 g/mol. The standard InChI is InChI=1S/C17H24N4O/c1-2-10-19-12-8-6-11(7-9-12)17-20-14-5-3-4-13(16(18)22)15(14)21-17/h3-5,11-12,19H,2,6-10H2,1H3,(H2,18,22)(H,20,21).